The standard InChI is InChI=1S/C50H78N4O10Si2/c1-11-59-65(60-12-2,61-13-3)33-17-31-51-47(55)54(48(56)52-32-18-34-66(62-14-4,63-15-5)64-16-6)44-29-25-42(26-30-44)50(9,10)40-21-19-39(20-22-40)49(7,8)41-23-27-43(28-24-41)53(35-45-37-57-45)36-46-38-58-46/h19-30,45-46H,11-18,31-38H2,1-10H3,(H,51,55)(H,52,56). The van der Waals surface area contributed by atoms with Crippen LogP contribution in [0, 0.1) is 0 Å². The number of amides is 4. The fraction of sp³-hybridized carbons (Fsp3) is 0.600. The van der Waals surface area contributed by atoms with Crippen molar-refractivity contribution in [1.29, 1.82) is 0 Å². The molecule has 0 bridgehead atoms. The van der Waals surface area contributed by atoms with E-state index in [-0.39, 0.29) is 10.8 Å². The van der Waals surface area contributed by atoms with E-state index in [9.17, 15) is 9.59 Å². The number of hydrogen-bond acceptors (Lipinski definition) is 11. The molecule has 16 heteroatoms. The van der Waals surface area contributed by atoms with Gasteiger partial charge in [0.15, 0.2) is 0 Å². The number of imide groups is 1. The van der Waals surface area contributed by atoms with Crippen molar-refractivity contribution in [3.63, 3.8) is 0 Å². The molecule has 2 fully saturated rings. The van der Waals surface area contributed by atoms with Gasteiger partial charge < -0.3 is 51.6 Å². The number of ether oxygens (including phenoxy) is 2. The Morgan fingerprint density at radius 3 is 1.11 bits per heavy atom. The third-order valence-corrected chi connectivity index (χ3v) is 18.5. The van der Waals surface area contributed by atoms with Gasteiger partial charge in [0, 0.05) is 94.4 Å². The molecule has 2 aliphatic rings. The van der Waals surface area contributed by atoms with Gasteiger partial charge in [0.05, 0.1) is 31.1 Å². The van der Waals surface area contributed by atoms with Crippen LogP contribution in [-0.2, 0) is 46.9 Å². The molecular weight excluding hydrogens is 873 g/mol. The highest BCUT2D eigenvalue weighted by atomic mass is 28.4. The Hall–Kier alpha value is -3.69. The first kappa shape index (κ1) is 53.3. The number of benzene rings is 3. The van der Waals surface area contributed by atoms with Crippen molar-refractivity contribution in [2.45, 2.75) is 117 Å². The van der Waals surface area contributed by atoms with E-state index in [1.165, 1.54) is 16.8 Å². The lowest BCUT2D eigenvalue weighted by atomic mass is 9.74. The van der Waals surface area contributed by atoms with Crippen molar-refractivity contribution < 1.29 is 45.6 Å². The van der Waals surface area contributed by atoms with Crippen LogP contribution in [0.25, 0.3) is 0 Å². The topological polar surface area (TPSA) is 145 Å². The monoisotopic (exact) mass is 951 g/mol. The van der Waals surface area contributed by atoms with Crippen LogP contribution in [0.15, 0.2) is 72.8 Å². The van der Waals surface area contributed by atoms with E-state index in [0.717, 1.165) is 42.3 Å². The second kappa shape index (κ2) is 25.1. The average molecular weight is 951 g/mol. The van der Waals surface area contributed by atoms with Crippen molar-refractivity contribution in [3.05, 3.63) is 95.1 Å². The number of epoxide rings is 2. The summed E-state index contributed by atoms with van der Waals surface area (Å²) < 4.78 is 47.2. The van der Waals surface area contributed by atoms with Crippen molar-refractivity contribution in [3.8, 4) is 0 Å². The van der Waals surface area contributed by atoms with Gasteiger partial charge in [-0.05, 0) is 101 Å². The second-order valence-electron chi connectivity index (χ2n) is 17.7. The fourth-order valence-corrected chi connectivity index (χ4v) is 13.6. The summed E-state index contributed by atoms with van der Waals surface area (Å²) in [6, 6.07) is 25.4. The Balaban J connectivity index is 1.29. The fourth-order valence-electron chi connectivity index (χ4n) is 8.36. The minimum atomic E-state index is -2.91. The highest BCUT2D eigenvalue weighted by molar-refractivity contribution is 6.61. The summed E-state index contributed by atoms with van der Waals surface area (Å²) in [5, 5.41) is 5.94. The maximum absolute atomic E-state index is 14.0. The van der Waals surface area contributed by atoms with E-state index in [2.05, 4.69) is 91.8 Å². The molecule has 0 aliphatic carbocycles. The van der Waals surface area contributed by atoms with Gasteiger partial charge in [-0.2, -0.15) is 0 Å². The summed E-state index contributed by atoms with van der Waals surface area (Å²) in [4.78, 5) is 31.5. The minimum absolute atomic E-state index is 0.223. The molecule has 14 nitrogen and oxygen atoms in total. The molecule has 2 unspecified atom stereocenters. The van der Waals surface area contributed by atoms with Crippen LogP contribution in [0.3, 0.4) is 0 Å². The van der Waals surface area contributed by atoms with E-state index < -0.39 is 29.7 Å². The SMILES string of the molecule is CCO[Si](CCCNC(=O)N(C(=O)NCCC[Si](OCC)(OCC)OCC)c1ccc(C(C)(C)c2ccc(C(C)(C)c3ccc(N(CC4CO4)CC4CO4)cc3)cc2)cc1)(OCC)OCC. The highest BCUT2D eigenvalue weighted by Crippen LogP contribution is 2.37. The van der Waals surface area contributed by atoms with Crippen LogP contribution in [0.4, 0.5) is 21.0 Å². The number of rotatable bonds is 30. The molecule has 0 aromatic heterocycles. The number of anilines is 2. The Labute approximate surface area is 397 Å². The van der Waals surface area contributed by atoms with E-state index in [1.54, 1.807) is 0 Å². The molecule has 2 heterocycles. The summed E-state index contributed by atoms with van der Waals surface area (Å²) in [7, 11) is -5.81. The zero-order valence-electron chi connectivity index (χ0n) is 41.4. The molecule has 3 aromatic rings. The predicted molar refractivity (Wildman–Crippen MR) is 265 cm³/mol. The average Bonchev–Trinajstić information content (AvgIpc) is 4.26. The van der Waals surface area contributed by atoms with Crippen molar-refractivity contribution in [2.24, 2.45) is 0 Å². The Morgan fingerprint density at radius 2 is 0.818 bits per heavy atom. The second-order valence-corrected chi connectivity index (χ2v) is 23.2. The number of carbonyl (C=O) groups excluding carboxylic acids is 2. The van der Waals surface area contributed by atoms with Crippen LogP contribution >= 0.6 is 0 Å². The Bertz CT molecular complexity index is 1830. The minimum Gasteiger partial charge on any atom is -0.374 e. The number of carbonyl (C=O) groups is 2. The number of nitrogens with one attached hydrogen (secondary N) is 2. The molecule has 5 rings (SSSR count). The molecule has 2 saturated heterocycles. The molecule has 4 amide bonds. The van der Waals surface area contributed by atoms with E-state index in [4.69, 9.17) is 36.0 Å². The Kier molecular flexibility index (Phi) is 20.2. The van der Waals surface area contributed by atoms with Crippen molar-refractivity contribution in [1.82, 2.24) is 10.6 Å². The molecular formula is C50H78N4O10Si2. The summed E-state index contributed by atoms with van der Waals surface area (Å²) in [6.45, 7) is 27.2. The number of nitrogens with zero attached hydrogens (tertiary/aromatic N) is 2. The first-order chi connectivity index (χ1) is 31.7. The largest absolute Gasteiger partial charge is 0.500 e. The highest BCUT2D eigenvalue weighted by Gasteiger charge is 2.41. The van der Waals surface area contributed by atoms with E-state index >= 15 is 0 Å². The van der Waals surface area contributed by atoms with Gasteiger partial charge >= 0.3 is 29.7 Å². The van der Waals surface area contributed by atoms with Crippen LogP contribution in [-0.4, -0.2) is 121 Å². The summed E-state index contributed by atoms with van der Waals surface area (Å²) in [5.41, 5.74) is 5.68. The maximum Gasteiger partial charge on any atom is 0.500 e. The zero-order chi connectivity index (χ0) is 47.8. The van der Waals surface area contributed by atoms with Gasteiger partial charge in [0.2, 0.25) is 0 Å². The number of urea groups is 2. The first-order valence-electron chi connectivity index (χ1n) is 24.2. The van der Waals surface area contributed by atoms with Crippen molar-refractivity contribution >= 4 is 41.0 Å². The lowest BCUT2D eigenvalue weighted by Crippen LogP contribution is -2.50. The third kappa shape index (κ3) is 14.7. The van der Waals surface area contributed by atoms with Gasteiger partial charge in [0.1, 0.15) is 0 Å². The lowest BCUT2D eigenvalue weighted by Gasteiger charge is -2.30. The number of hydrogen-bond donors (Lipinski definition) is 2. The summed E-state index contributed by atoms with van der Waals surface area (Å²) >= 11 is 0. The molecule has 3 aromatic carbocycles. The van der Waals surface area contributed by atoms with Crippen LogP contribution < -0.4 is 20.4 Å². The predicted octanol–water partition coefficient (Wildman–Crippen LogP) is 9.05. The van der Waals surface area contributed by atoms with E-state index in [0.29, 0.717) is 95.6 Å². The van der Waals surface area contributed by atoms with Crippen LogP contribution in [0.2, 0.25) is 12.1 Å². The van der Waals surface area contributed by atoms with Crippen molar-refractivity contribution in [2.75, 3.05) is 88.8 Å². The molecule has 2 aliphatic heterocycles. The molecule has 0 spiro atoms. The third-order valence-electron chi connectivity index (χ3n) is 12.2. The maximum atomic E-state index is 14.0. The molecule has 2 N–H and O–H groups in total. The lowest BCUT2D eigenvalue weighted by molar-refractivity contribution is 0.0701. The van der Waals surface area contributed by atoms with Gasteiger partial charge in [-0.25, -0.2) is 14.5 Å². The molecule has 0 saturated carbocycles. The zero-order valence-corrected chi connectivity index (χ0v) is 43.4. The van der Waals surface area contributed by atoms with Gasteiger partial charge in [-0.1, -0.05) is 76.2 Å². The quantitative estimate of drug-likeness (QED) is 0.0375. The van der Waals surface area contributed by atoms with E-state index in [1.807, 2.05) is 65.8 Å². The normalized spacial score (nSPS) is 16.2. The van der Waals surface area contributed by atoms with Crippen LogP contribution in [0.5, 0.6) is 0 Å². The van der Waals surface area contributed by atoms with Gasteiger partial charge in [-0.15, -0.1) is 0 Å². The summed E-state index contributed by atoms with van der Waals surface area (Å²) in [5.74, 6) is 0. The summed E-state index contributed by atoms with van der Waals surface area (Å²) in [6.07, 6.45) is 1.72. The van der Waals surface area contributed by atoms with Gasteiger partial charge in [0.25, 0.3) is 0 Å². The van der Waals surface area contributed by atoms with Crippen LogP contribution in [0.1, 0.15) is 104 Å². The smallest absolute Gasteiger partial charge is 0.374 e. The molecule has 66 heavy (non-hydrogen) atoms. The molecule has 0 radical (unpaired) electrons. The Morgan fingerprint density at radius 1 is 0.530 bits per heavy atom. The molecule has 2 atom stereocenters. The first-order valence-corrected chi connectivity index (χ1v) is 28.1. The molecule has 366 valence electrons. The van der Waals surface area contributed by atoms with Gasteiger partial charge in [-0.3, -0.25) is 0 Å².